The average molecular weight is 349 g/mol. The molecular formula is C11H16IN3S. The number of nitrogens with one attached hydrogen (secondary N) is 1. The molecule has 16 heavy (non-hydrogen) atoms. The molecule has 5 heteroatoms. The first-order chi connectivity index (χ1) is 7.81. The van der Waals surface area contributed by atoms with Gasteiger partial charge in [0.1, 0.15) is 12.1 Å². The van der Waals surface area contributed by atoms with Gasteiger partial charge in [0.2, 0.25) is 0 Å². The summed E-state index contributed by atoms with van der Waals surface area (Å²) in [5.74, 6) is 0.988. The zero-order valence-corrected chi connectivity index (χ0v) is 12.3. The van der Waals surface area contributed by atoms with Crippen LogP contribution in [-0.4, -0.2) is 27.5 Å². The van der Waals surface area contributed by atoms with Crippen LogP contribution in [0.2, 0.25) is 0 Å². The van der Waals surface area contributed by atoms with Gasteiger partial charge in [0.05, 0.1) is 3.57 Å². The van der Waals surface area contributed by atoms with Gasteiger partial charge in [0.25, 0.3) is 0 Å². The molecule has 2 rings (SSSR count). The molecule has 2 atom stereocenters. The standard InChI is InChI=1S/C11H16IN3S/c1-16-10-5-3-2-4-9(10)15-11-8(12)6-13-7-14-11/h6-7,9-10H,2-5H2,1H3,(H,13,14,15). The van der Waals surface area contributed by atoms with Crippen LogP contribution in [0.1, 0.15) is 25.7 Å². The molecule has 0 aromatic carbocycles. The first-order valence-corrected chi connectivity index (χ1v) is 7.92. The number of hydrogen-bond acceptors (Lipinski definition) is 4. The van der Waals surface area contributed by atoms with E-state index < -0.39 is 0 Å². The predicted molar refractivity (Wildman–Crippen MR) is 77.9 cm³/mol. The van der Waals surface area contributed by atoms with Crippen LogP contribution in [0.4, 0.5) is 5.82 Å². The number of hydrogen-bond donors (Lipinski definition) is 1. The molecule has 0 bridgehead atoms. The fraction of sp³-hybridized carbons (Fsp3) is 0.636. The van der Waals surface area contributed by atoms with Gasteiger partial charge in [-0.25, -0.2) is 9.97 Å². The van der Waals surface area contributed by atoms with Gasteiger partial charge in [0.15, 0.2) is 0 Å². The van der Waals surface area contributed by atoms with Crippen molar-refractivity contribution >= 4 is 40.2 Å². The molecule has 0 radical (unpaired) electrons. The van der Waals surface area contributed by atoms with Crippen LogP contribution >= 0.6 is 34.4 Å². The Morgan fingerprint density at radius 1 is 1.44 bits per heavy atom. The zero-order valence-electron chi connectivity index (χ0n) is 9.32. The van der Waals surface area contributed by atoms with E-state index in [-0.39, 0.29) is 0 Å². The molecule has 1 heterocycles. The molecule has 1 aromatic rings. The van der Waals surface area contributed by atoms with E-state index >= 15 is 0 Å². The van der Waals surface area contributed by atoms with Crippen LogP contribution in [0.3, 0.4) is 0 Å². The Balaban J connectivity index is 2.05. The van der Waals surface area contributed by atoms with Gasteiger partial charge >= 0.3 is 0 Å². The molecular weight excluding hydrogens is 333 g/mol. The fourth-order valence-corrected chi connectivity index (χ4v) is 3.53. The van der Waals surface area contributed by atoms with Crippen molar-refractivity contribution < 1.29 is 0 Å². The molecule has 0 saturated heterocycles. The lowest BCUT2D eigenvalue weighted by Crippen LogP contribution is -2.34. The largest absolute Gasteiger partial charge is 0.365 e. The van der Waals surface area contributed by atoms with Crippen molar-refractivity contribution in [1.82, 2.24) is 9.97 Å². The number of aromatic nitrogens is 2. The summed E-state index contributed by atoms with van der Waals surface area (Å²) in [6.07, 6.45) is 10.9. The van der Waals surface area contributed by atoms with E-state index in [1.807, 2.05) is 18.0 Å². The second kappa shape index (κ2) is 6.05. The minimum absolute atomic E-state index is 0.562. The molecule has 1 N–H and O–H groups in total. The predicted octanol–water partition coefficient (Wildman–Crippen LogP) is 3.17. The highest BCUT2D eigenvalue weighted by atomic mass is 127. The van der Waals surface area contributed by atoms with E-state index in [4.69, 9.17) is 0 Å². The fourth-order valence-electron chi connectivity index (χ4n) is 2.14. The Bertz CT molecular complexity index is 348. The molecule has 1 aliphatic rings. The lowest BCUT2D eigenvalue weighted by Gasteiger charge is -2.31. The molecule has 0 spiro atoms. The van der Waals surface area contributed by atoms with Crippen LogP contribution in [0.5, 0.6) is 0 Å². The average Bonchev–Trinajstić information content (AvgIpc) is 2.33. The van der Waals surface area contributed by atoms with Crippen molar-refractivity contribution in [3.05, 3.63) is 16.1 Å². The molecule has 3 nitrogen and oxygen atoms in total. The SMILES string of the molecule is CSC1CCCCC1Nc1ncncc1I. The van der Waals surface area contributed by atoms with Crippen molar-refractivity contribution in [3.63, 3.8) is 0 Å². The summed E-state index contributed by atoms with van der Waals surface area (Å²) in [6, 6.07) is 0.562. The summed E-state index contributed by atoms with van der Waals surface area (Å²) in [6.45, 7) is 0. The van der Waals surface area contributed by atoms with Crippen molar-refractivity contribution in [1.29, 1.82) is 0 Å². The minimum atomic E-state index is 0.562. The van der Waals surface area contributed by atoms with E-state index in [2.05, 4.69) is 44.1 Å². The molecule has 0 amide bonds. The van der Waals surface area contributed by atoms with Gasteiger partial charge in [0, 0.05) is 17.5 Å². The number of anilines is 1. The quantitative estimate of drug-likeness (QED) is 0.851. The topological polar surface area (TPSA) is 37.8 Å². The van der Waals surface area contributed by atoms with Crippen LogP contribution in [-0.2, 0) is 0 Å². The summed E-state index contributed by atoms with van der Waals surface area (Å²) in [5, 5.41) is 4.29. The second-order valence-electron chi connectivity index (χ2n) is 4.03. The van der Waals surface area contributed by atoms with Crippen LogP contribution in [0.25, 0.3) is 0 Å². The third kappa shape index (κ3) is 3.00. The first kappa shape index (κ1) is 12.4. The molecule has 88 valence electrons. The zero-order chi connectivity index (χ0) is 11.4. The van der Waals surface area contributed by atoms with Crippen LogP contribution < -0.4 is 5.32 Å². The summed E-state index contributed by atoms with van der Waals surface area (Å²) >= 11 is 4.25. The maximum Gasteiger partial charge on any atom is 0.143 e. The third-order valence-electron chi connectivity index (χ3n) is 3.00. The Labute approximate surface area is 114 Å². The highest BCUT2D eigenvalue weighted by Crippen LogP contribution is 2.29. The minimum Gasteiger partial charge on any atom is -0.365 e. The Kier molecular flexibility index (Phi) is 4.69. The van der Waals surface area contributed by atoms with Gasteiger partial charge < -0.3 is 5.32 Å². The van der Waals surface area contributed by atoms with Crippen molar-refractivity contribution in [2.45, 2.75) is 37.0 Å². The number of thioether (sulfide) groups is 1. The van der Waals surface area contributed by atoms with Crippen molar-refractivity contribution in [2.75, 3.05) is 11.6 Å². The summed E-state index contributed by atoms with van der Waals surface area (Å²) in [5.41, 5.74) is 0. The molecule has 2 unspecified atom stereocenters. The van der Waals surface area contributed by atoms with E-state index in [1.54, 1.807) is 6.33 Å². The lowest BCUT2D eigenvalue weighted by atomic mass is 9.95. The summed E-state index contributed by atoms with van der Waals surface area (Å²) in [4.78, 5) is 8.32. The first-order valence-electron chi connectivity index (χ1n) is 5.56. The molecule has 1 aromatic heterocycles. The Morgan fingerprint density at radius 2 is 2.25 bits per heavy atom. The maximum absolute atomic E-state index is 4.30. The molecule has 1 aliphatic carbocycles. The van der Waals surface area contributed by atoms with Gasteiger partial charge in [-0.3, -0.25) is 0 Å². The third-order valence-corrected chi connectivity index (χ3v) is 4.95. The molecule has 1 saturated carbocycles. The monoisotopic (exact) mass is 349 g/mol. The van der Waals surface area contributed by atoms with Gasteiger partial charge in [-0.1, -0.05) is 12.8 Å². The van der Waals surface area contributed by atoms with E-state index in [1.165, 1.54) is 25.7 Å². The highest BCUT2D eigenvalue weighted by Gasteiger charge is 2.24. The smallest absolute Gasteiger partial charge is 0.143 e. The van der Waals surface area contributed by atoms with E-state index in [0.717, 1.165) is 14.6 Å². The summed E-state index contributed by atoms with van der Waals surface area (Å²) < 4.78 is 1.10. The van der Waals surface area contributed by atoms with Gasteiger partial charge in [-0.2, -0.15) is 11.8 Å². The van der Waals surface area contributed by atoms with E-state index in [0.29, 0.717) is 6.04 Å². The van der Waals surface area contributed by atoms with Gasteiger partial charge in [-0.05, 0) is 41.7 Å². The van der Waals surface area contributed by atoms with E-state index in [9.17, 15) is 0 Å². The Morgan fingerprint density at radius 3 is 3.00 bits per heavy atom. The molecule has 0 aliphatic heterocycles. The number of nitrogens with zero attached hydrogens (tertiary/aromatic N) is 2. The second-order valence-corrected chi connectivity index (χ2v) is 6.27. The van der Waals surface area contributed by atoms with Crippen molar-refractivity contribution in [2.24, 2.45) is 0 Å². The van der Waals surface area contributed by atoms with Crippen LogP contribution in [0.15, 0.2) is 12.5 Å². The molecule has 1 fully saturated rings. The van der Waals surface area contributed by atoms with Gasteiger partial charge in [-0.15, -0.1) is 0 Å². The lowest BCUT2D eigenvalue weighted by molar-refractivity contribution is 0.474. The number of halogens is 1. The highest BCUT2D eigenvalue weighted by molar-refractivity contribution is 14.1. The Hall–Kier alpha value is -0.0400. The van der Waals surface area contributed by atoms with Crippen LogP contribution in [0, 0.1) is 3.57 Å². The number of rotatable bonds is 3. The maximum atomic E-state index is 4.30. The normalized spacial score (nSPS) is 25.4. The summed E-state index contributed by atoms with van der Waals surface area (Å²) in [7, 11) is 0. The van der Waals surface area contributed by atoms with Crippen molar-refractivity contribution in [3.8, 4) is 0 Å².